The lowest BCUT2D eigenvalue weighted by molar-refractivity contribution is -0.123. The van der Waals surface area contributed by atoms with Crippen molar-refractivity contribution in [2.24, 2.45) is 0 Å². The lowest BCUT2D eigenvalue weighted by atomic mass is 10.1. The van der Waals surface area contributed by atoms with Gasteiger partial charge in [-0.2, -0.15) is 0 Å². The molecule has 1 saturated heterocycles. The van der Waals surface area contributed by atoms with Crippen LogP contribution in [0.5, 0.6) is 11.5 Å². The number of aromatic nitrogens is 2. The third kappa shape index (κ3) is 7.91. The van der Waals surface area contributed by atoms with Crippen molar-refractivity contribution in [3.63, 3.8) is 0 Å². The van der Waals surface area contributed by atoms with Crippen LogP contribution < -0.4 is 9.47 Å². The molecule has 0 radical (unpaired) electrons. The molecule has 1 aromatic carbocycles. The molecule has 2 N–H and O–H groups in total. The topological polar surface area (TPSA) is 117 Å². The summed E-state index contributed by atoms with van der Waals surface area (Å²) in [5.74, 6) is 2.40. The molecule has 10 heteroatoms. The number of aryl methyl sites for hydroxylation is 1. The fourth-order valence-corrected chi connectivity index (χ4v) is 3.32. The number of hydrogen-bond acceptors (Lipinski definition) is 7. The smallest absolute Gasteiger partial charge is 0.290 e. The van der Waals surface area contributed by atoms with E-state index < -0.39 is 0 Å². The highest BCUT2D eigenvalue weighted by Gasteiger charge is 2.18. The third-order valence-corrected chi connectivity index (χ3v) is 4.83. The Hall–Kier alpha value is -3.11. The van der Waals surface area contributed by atoms with Crippen LogP contribution in [0.15, 0.2) is 24.5 Å². The molecular formula is C21H32N4O6. The van der Waals surface area contributed by atoms with Gasteiger partial charge in [0, 0.05) is 51.7 Å². The Kier molecular flexibility index (Phi) is 11.7. The summed E-state index contributed by atoms with van der Waals surface area (Å²) in [6.45, 7) is 8.04. The second-order valence-corrected chi connectivity index (χ2v) is 6.85. The van der Waals surface area contributed by atoms with E-state index in [4.69, 9.17) is 29.3 Å². The number of rotatable bonds is 6. The molecule has 1 aromatic heterocycles. The molecule has 2 heterocycles. The number of hydrogen-bond donors (Lipinski definition) is 2. The molecule has 0 aliphatic carbocycles. The first-order chi connectivity index (χ1) is 14.9. The van der Waals surface area contributed by atoms with E-state index in [-0.39, 0.29) is 12.9 Å². The molecule has 31 heavy (non-hydrogen) atoms. The van der Waals surface area contributed by atoms with Gasteiger partial charge in [0.15, 0.2) is 11.5 Å². The van der Waals surface area contributed by atoms with E-state index in [2.05, 4.69) is 39.4 Å². The van der Waals surface area contributed by atoms with Crippen LogP contribution >= 0.6 is 0 Å². The molecule has 0 unspecified atom stereocenters. The minimum Gasteiger partial charge on any atom is -0.493 e. The predicted molar refractivity (Wildman–Crippen MR) is 117 cm³/mol. The second-order valence-electron chi connectivity index (χ2n) is 6.85. The Balaban J connectivity index is 0.000000720. The highest BCUT2D eigenvalue weighted by molar-refractivity contribution is 5.70. The zero-order valence-electron chi connectivity index (χ0n) is 18.5. The zero-order valence-corrected chi connectivity index (χ0v) is 18.5. The van der Waals surface area contributed by atoms with Crippen molar-refractivity contribution < 1.29 is 29.3 Å². The van der Waals surface area contributed by atoms with Crippen molar-refractivity contribution in [2.75, 3.05) is 54.0 Å². The van der Waals surface area contributed by atoms with Gasteiger partial charge >= 0.3 is 0 Å². The monoisotopic (exact) mass is 436 g/mol. The molecule has 0 spiro atoms. The van der Waals surface area contributed by atoms with Crippen LogP contribution in [0.25, 0.3) is 11.4 Å². The van der Waals surface area contributed by atoms with E-state index in [1.165, 1.54) is 0 Å². The summed E-state index contributed by atoms with van der Waals surface area (Å²) >= 11 is 0. The van der Waals surface area contributed by atoms with Gasteiger partial charge in [-0.1, -0.05) is 0 Å². The van der Waals surface area contributed by atoms with Gasteiger partial charge in [-0.25, -0.2) is 4.98 Å². The molecule has 2 aromatic rings. The second kappa shape index (κ2) is 14.0. The van der Waals surface area contributed by atoms with E-state index in [1.807, 2.05) is 18.5 Å². The molecule has 1 fully saturated rings. The minimum absolute atomic E-state index is 0.250. The van der Waals surface area contributed by atoms with E-state index in [9.17, 15) is 0 Å². The number of carboxylic acid groups (broad SMARTS) is 2. The van der Waals surface area contributed by atoms with Crippen LogP contribution in [0.1, 0.15) is 5.56 Å². The average Bonchev–Trinajstić information content (AvgIpc) is 3.22. The lowest BCUT2D eigenvalue weighted by Crippen LogP contribution is -2.45. The molecule has 10 nitrogen and oxygen atoms in total. The van der Waals surface area contributed by atoms with Crippen LogP contribution in [0.3, 0.4) is 0 Å². The first-order valence-electron chi connectivity index (χ1n) is 9.76. The third-order valence-electron chi connectivity index (χ3n) is 4.83. The molecule has 172 valence electrons. The minimum atomic E-state index is -0.250. The van der Waals surface area contributed by atoms with Crippen LogP contribution in [-0.4, -0.2) is 96.5 Å². The molecular weight excluding hydrogens is 404 g/mol. The summed E-state index contributed by atoms with van der Waals surface area (Å²) in [5.41, 5.74) is 2.10. The number of ether oxygens (including phenoxy) is 2. The fraction of sp³-hybridized carbons (Fsp3) is 0.476. The van der Waals surface area contributed by atoms with E-state index in [0.29, 0.717) is 0 Å². The number of benzene rings is 1. The van der Waals surface area contributed by atoms with Gasteiger partial charge in [0.1, 0.15) is 5.82 Å². The van der Waals surface area contributed by atoms with Crippen LogP contribution in [0.2, 0.25) is 0 Å². The number of likely N-dealkylation sites (N-methyl/N-ethyl adjacent to an activating group) is 1. The van der Waals surface area contributed by atoms with E-state index in [1.54, 1.807) is 14.2 Å². The molecule has 1 aliphatic rings. The van der Waals surface area contributed by atoms with Gasteiger partial charge < -0.3 is 29.2 Å². The number of nitrogens with zero attached hydrogens (tertiary/aromatic N) is 4. The summed E-state index contributed by atoms with van der Waals surface area (Å²) < 4.78 is 13.3. The zero-order chi connectivity index (χ0) is 23.2. The van der Waals surface area contributed by atoms with E-state index >= 15 is 0 Å². The maximum absolute atomic E-state index is 8.36. The summed E-state index contributed by atoms with van der Waals surface area (Å²) in [6.07, 6.45) is 3.90. The summed E-state index contributed by atoms with van der Waals surface area (Å²) in [4.78, 5) is 26.2. The van der Waals surface area contributed by atoms with Gasteiger partial charge in [0.25, 0.3) is 12.9 Å². The number of carbonyl (C=O) groups is 2. The van der Waals surface area contributed by atoms with Crippen LogP contribution in [0.4, 0.5) is 0 Å². The quantitative estimate of drug-likeness (QED) is 0.650. The first kappa shape index (κ1) is 25.9. The standard InChI is InChI=1S/C19H28N4O2.2CH2O2/c1-15-13-16(18(25-4)17(14-15)24-3)19-20-5-6-23(19)12-11-22-9-7-21(2)8-10-22;2*2-1-3/h5-6,13-14H,7-12H2,1-4H3;2*1H,(H,2,3). The maximum Gasteiger partial charge on any atom is 0.290 e. The largest absolute Gasteiger partial charge is 0.493 e. The van der Waals surface area contributed by atoms with E-state index in [0.717, 1.165) is 67.7 Å². The highest BCUT2D eigenvalue weighted by atomic mass is 16.5. The molecule has 0 saturated carbocycles. The Morgan fingerprint density at radius 3 is 2.19 bits per heavy atom. The van der Waals surface area contributed by atoms with Crippen molar-refractivity contribution in [2.45, 2.75) is 13.5 Å². The SMILES string of the molecule is COc1cc(C)cc(-c2nccn2CCN2CCN(C)CC2)c1OC.O=CO.O=CO. The van der Waals surface area contributed by atoms with Crippen molar-refractivity contribution in [1.29, 1.82) is 0 Å². The Bertz CT molecular complexity index is 797. The summed E-state index contributed by atoms with van der Waals surface area (Å²) in [6, 6.07) is 4.09. The normalized spacial score (nSPS) is 13.8. The molecule has 3 rings (SSSR count). The van der Waals surface area contributed by atoms with Gasteiger partial charge in [0.2, 0.25) is 0 Å². The number of imidazole rings is 1. The van der Waals surface area contributed by atoms with Crippen LogP contribution in [0, 0.1) is 6.92 Å². The Labute approximate surface area is 182 Å². The Morgan fingerprint density at radius 2 is 1.65 bits per heavy atom. The predicted octanol–water partition coefficient (Wildman–Crippen LogP) is 1.52. The number of piperazine rings is 1. The molecule has 1 aliphatic heterocycles. The summed E-state index contributed by atoms with van der Waals surface area (Å²) in [7, 11) is 5.53. The Morgan fingerprint density at radius 1 is 1.03 bits per heavy atom. The van der Waals surface area contributed by atoms with Gasteiger partial charge in [0.05, 0.1) is 19.8 Å². The highest BCUT2D eigenvalue weighted by Crippen LogP contribution is 2.38. The van der Waals surface area contributed by atoms with Gasteiger partial charge in [-0.15, -0.1) is 0 Å². The van der Waals surface area contributed by atoms with Crippen LogP contribution in [-0.2, 0) is 16.1 Å². The van der Waals surface area contributed by atoms with Crippen molar-refractivity contribution >= 4 is 12.9 Å². The average molecular weight is 437 g/mol. The lowest BCUT2D eigenvalue weighted by Gasteiger charge is -2.32. The van der Waals surface area contributed by atoms with Crippen molar-refractivity contribution in [3.05, 3.63) is 30.1 Å². The first-order valence-corrected chi connectivity index (χ1v) is 9.76. The maximum atomic E-state index is 8.36. The number of methoxy groups -OCH3 is 2. The van der Waals surface area contributed by atoms with Crippen molar-refractivity contribution in [1.82, 2.24) is 19.4 Å². The molecule has 0 amide bonds. The van der Waals surface area contributed by atoms with Gasteiger partial charge in [-0.3, -0.25) is 14.5 Å². The van der Waals surface area contributed by atoms with Crippen molar-refractivity contribution in [3.8, 4) is 22.9 Å². The summed E-state index contributed by atoms with van der Waals surface area (Å²) in [5, 5.41) is 13.8. The van der Waals surface area contributed by atoms with Gasteiger partial charge in [-0.05, 0) is 31.7 Å². The molecule has 0 bridgehead atoms. The molecule has 0 atom stereocenters. The fourth-order valence-electron chi connectivity index (χ4n) is 3.32.